The van der Waals surface area contributed by atoms with Gasteiger partial charge in [-0.3, -0.25) is 4.79 Å². The van der Waals surface area contributed by atoms with Gasteiger partial charge in [-0.1, -0.05) is 13.3 Å². The molecule has 0 saturated heterocycles. The van der Waals surface area contributed by atoms with Crippen LogP contribution < -0.4 is 5.32 Å². The normalized spacial score (nSPS) is 13.9. The highest BCUT2D eigenvalue weighted by Gasteiger charge is 2.23. The van der Waals surface area contributed by atoms with Gasteiger partial charge in [0.15, 0.2) is 11.4 Å². The van der Waals surface area contributed by atoms with Crippen LogP contribution >= 0.6 is 0 Å². The number of carboxylic acid groups (broad SMARTS) is 1. The van der Waals surface area contributed by atoms with E-state index in [9.17, 15) is 14.7 Å². The molecular formula is C11H17N3O4. The van der Waals surface area contributed by atoms with Crippen molar-refractivity contribution in [3.63, 3.8) is 0 Å². The molecule has 1 aromatic rings. The second kappa shape index (κ2) is 5.63. The minimum atomic E-state index is -1.25. The molecule has 0 aliphatic carbocycles. The van der Waals surface area contributed by atoms with Crippen LogP contribution in [0, 0.1) is 0 Å². The first-order valence-electron chi connectivity index (χ1n) is 5.64. The van der Waals surface area contributed by atoms with E-state index in [1.165, 1.54) is 0 Å². The summed E-state index contributed by atoms with van der Waals surface area (Å²) in [5, 5.41) is 21.2. The summed E-state index contributed by atoms with van der Waals surface area (Å²) < 4.78 is 0. The lowest BCUT2D eigenvalue weighted by atomic mass is 10.0. The average Bonchev–Trinajstić information content (AvgIpc) is 2.74. The molecule has 1 rings (SSSR count). The van der Waals surface area contributed by atoms with E-state index in [4.69, 9.17) is 5.11 Å². The number of hydrogen-bond acceptors (Lipinski definition) is 4. The van der Waals surface area contributed by atoms with E-state index < -0.39 is 17.5 Å². The van der Waals surface area contributed by atoms with Crippen molar-refractivity contribution in [1.82, 2.24) is 15.3 Å². The Hall–Kier alpha value is -1.89. The fourth-order valence-corrected chi connectivity index (χ4v) is 1.61. The van der Waals surface area contributed by atoms with Gasteiger partial charge in [0.2, 0.25) is 0 Å². The average molecular weight is 255 g/mol. The molecule has 0 saturated carbocycles. The molecular weight excluding hydrogens is 238 g/mol. The zero-order valence-corrected chi connectivity index (χ0v) is 10.4. The molecule has 4 N–H and O–H groups in total. The molecule has 0 radical (unpaired) electrons. The van der Waals surface area contributed by atoms with E-state index in [2.05, 4.69) is 15.3 Å². The van der Waals surface area contributed by atoms with Crippen LogP contribution in [0.4, 0.5) is 0 Å². The van der Waals surface area contributed by atoms with Crippen molar-refractivity contribution in [2.75, 3.05) is 6.54 Å². The maximum absolute atomic E-state index is 11.7. The third-order valence-corrected chi connectivity index (χ3v) is 2.49. The summed E-state index contributed by atoms with van der Waals surface area (Å²) in [6.45, 7) is 3.58. The smallest absolute Gasteiger partial charge is 0.354 e. The minimum Gasteiger partial charge on any atom is -0.477 e. The molecule has 0 aliphatic heterocycles. The van der Waals surface area contributed by atoms with Crippen molar-refractivity contribution < 1.29 is 19.8 Å². The first kappa shape index (κ1) is 14.2. The number of rotatable bonds is 6. The third kappa shape index (κ3) is 3.56. The van der Waals surface area contributed by atoms with Gasteiger partial charge in [-0.25, -0.2) is 9.78 Å². The van der Waals surface area contributed by atoms with Gasteiger partial charge in [-0.15, -0.1) is 0 Å². The number of aromatic nitrogens is 2. The minimum absolute atomic E-state index is 0.0472. The molecule has 18 heavy (non-hydrogen) atoms. The second-order valence-corrected chi connectivity index (χ2v) is 4.36. The predicted molar refractivity (Wildman–Crippen MR) is 63.4 cm³/mol. The van der Waals surface area contributed by atoms with Crippen molar-refractivity contribution in [1.29, 1.82) is 0 Å². The van der Waals surface area contributed by atoms with Gasteiger partial charge in [-0.2, -0.15) is 0 Å². The van der Waals surface area contributed by atoms with Gasteiger partial charge < -0.3 is 20.5 Å². The molecule has 1 atom stereocenters. The van der Waals surface area contributed by atoms with Crippen LogP contribution in [-0.2, 0) is 0 Å². The molecule has 0 aromatic carbocycles. The molecule has 0 bridgehead atoms. The monoisotopic (exact) mass is 255 g/mol. The molecule has 0 aliphatic rings. The quantitative estimate of drug-likeness (QED) is 0.587. The lowest BCUT2D eigenvalue weighted by Crippen LogP contribution is -2.40. The summed E-state index contributed by atoms with van der Waals surface area (Å²) in [5.41, 5.74) is -1.46. The van der Waals surface area contributed by atoms with E-state index in [-0.39, 0.29) is 17.9 Å². The highest BCUT2D eigenvalue weighted by Crippen LogP contribution is 2.10. The number of amides is 1. The summed E-state index contributed by atoms with van der Waals surface area (Å²) in [7, 11) is 0. The number of aromatic amines is 1. The zero-order valence-electron chi connectivity index (χ0n) is 10.4. The highest BCUT2D eigenvalue weighted by molar-refractivity contribution is 6.02. The highest BCUT2D eigenvalue weighted by atomic mass is 16.4. The Morgan fingerprint density at radius 1 is 1.56 bits per heavy atom. The number of aromatic carboxylic acids is 1. The molecule has 1 amide bonds. The topological polar surface area (TPSA) is 115 Å². The molecule has 7 nitrogen and oxygen atoms in total. The maximum Gasteiger partial charge on any atom is 0.354 e. The number of carbonyl (C=O) groups is 2. The summed E-state index contributed by atoms with van der Waals surface area (Å²) in [4.78, 5) is 28.5. The van der Waals surface area contributed by atoms with Crippen LogP contribution in [0.1, 0.15) is 47.7 Å². The number of H-pyrrole nitrogens is 1. The van der Waals surface area contributed by atoms with E-state index in [0.717, 1.165) is 12.7 Å². The number of aliphatic hydroxyl groups is 1. The Bertz CT molecular complexity index is 439. The number of carboxylic acids is 1. The summed E-state index contributed by atoms with van der Waals surface area (Å²) in [6, 6.07) is 0. The summed E-state index contributed by atoms with van der Waals surface area (Å²) >= 11 is 0. The number of carbonyl (C=O) groups excluding carboxylic acids is 1. The van der Waals surface area contributed by atoms with E-state index in [1.54, 1.807) is 6.92 Å². The van der Waals surface area contributed by atoms with Crippen LogP contribution in [0.3, 0.4) is 0 Å². The van der Waals surface area contributed by atoms with Crippen LogP contribution in [-0.4, -0.2) is 44.2 Å². The third-order valence-electron chi connectivity index (χ3n) is 2.49. The predicted octanol–water partition coefficient (Wildman–Crippen LogP) is 0.389. The second-order valence-electron chi connectivity index (χ2n) is 4.36. The Balaban J connectivity index is 2.66. The number of hydrogen-bond donors (Lipinski definition) is 4. The van der Waals surface area contributed by atoms with Crippen LogP contribution in [0.25, 0.3) is 0 Å². The Kier molecular flexibility index (Phi) is 4.43. The van der Waals surface area contributed by atoms with Gasteiger partial charge in [0.05, 0.1) is 11.9 Å². The maximum atomic E-state index is 11.7. The number of nitrogens with zero attached hydrogens (tertiary/aromatic N) is 1. The Labute approximate surface area is 104 Å². The standard InChI is InChI=1S/C11H17N3O4/c1-3-4-11(2,18)5-12-9(15)7-8(10(16)17)14-6-13-7/h6,18H,3-5H2,1-2H3,(H,12,15)(H,13,14)(H,16,17). The lowest BCUT2D eigenvalue weighted by Gasteiger charge is -2.22. The van der Waals surface area contributed by atoms with Crippen molar-refractivity contribution in [3.8, 4) is 0 Å². The van der Waals surface area contributed by atoms with Crippen LogP contribution in [0.2, 0.25) is 0 Å². The van der Waals surface area contributed by atoms with Crippen molar-refractivity contribution in [2.24, 2.45) is 0 Å². The molecule has 7 heteroatoms. The number of imidazole rings is 1. The van der Waals surface area contributed by atoms with E-state index >= 15 is 0 Å². The van der Waals surface area contributed by atoms with Crippen LogP contribution in [0.5, 0.6) is 0 Å². The van der Waals surface area contributed by atoms with Crippen molar-refractivity contribution in [2.45, 2.75) is 32.3 Å². The molecule has 1 aromatic heterocycles. The zero-order chi connectivity index (χ0) is 13.8. The van der Waals surface area contributed by atoms with E-state index in [1.807, 2.05) is 6.92 Å². The van der Waals surface area contributed by atoms with Gasteiger partial charge in [-0.05, 0) is 13.3 Å². The lowest BCUT2D eigenvalue weighted by molar-refractivity contribution is 0.0468. The van der Waals surface area contributed by atoms with Crippen molar-refractivity contribution >= 4 is 11.9 Å². The molecule has 0 fully saturated rings. The first-order chi connectivity index (χ1) is 8.37. The fraction of sp³-hybridized carbons (Fsp3) is 0.545. The first-order valence-corrected chi connectivity index (χ1v) is 5.64. The molecule has 0 spiro atoms. The molecule has 1 heterocycles. The van der Waals surface area contributed by atoms with Crippen LogP contribution in [0.15, 0.2) is 6.33 Å². The van der Waals surface area contributed by atoms with Gasteiger partial charge in [0.1, 0.15) is 0 Å². The summed E-state index contributed by atoms with van der Waals surface area (Å²) in [6.07, 6.45) is 2.47. The Morgan fingerprint density at radius 3 is 2.78 bits per heavy atom. The molecule has 100 valence electrons. The number of nitrogens with one attached hydrogen (secondary N) is 2. The Morgan fingerprint density at radius 2 is 2.22 bits per heavy atom. The SMILES string of the molecule is CCCC(C)(O)CNC(=O)c1nc[nH]c1C(=O)O. The van der Waals surface area contributed by atoms with E-state index in [0.29, 0.717) is 6.42 Å². The fourth-order valence-electron chi connectivity index (χ4n) is 1.61. The summed E-state index contributed by atoms with van der Waals surface area (Å²) in [5.74, 6) is -1.87. The molecule has 1 unspecified atom stereocenters. The van der Waals surface area contributed by atoms with Gasteiger partial charge >= 0.3 is 5.97 Å². The largest absolute Gasteiger partial charge is 0.477 e. The van der Waals surface area contributed by atoms with Crippen molar-refractivity contribution in [3.05, 3.63) is 17.7 Å². The van der Waals surface area contributed by atoms with Gasteiger partial charge in [0.25, 0.3) is 5.91 Å². The van der Waals surface area contributed by atoms with Gasteiger partial charge in [0, 0.05) is 6.54 Å².